The lowest BCUT2D eigenvalue weighted by molar-refractivity contribution is -0.143. The fourth-order valence-corrected chi connectivity index (χ4v) is 10.0. The van der Waals surface area contributed by atoms with Gasteiger partial charge in [0.15, 0.2) is 0 Å². The molecule has 5 aliphatic rings. The Balaban J connectivity index is 0.998. The second kappa shape index (κ2) is 14.2. The molecular weight excluding hydrogens is 646 g/mol. The predicted octanol–water partition coefficient (Wildman–Crippen LogP) is 4.90. The van der Waals surface area contributed by atoms with Gasteiger partial charge in [-0.1, -0.05) is 24.6 Å². The van der Waals surface area contributed by atoms with Gasteiger partial charge in [0.05, 0.1) is 28.9 Å². The van der Waals surface area contributed by atoms with Crippen molar-refractivity contribution in [2.75, 3.05) is 57.4 Å². The minimum absolute atomic E-state index is 0.00714. The number of amides is 4. The monoisotopic (exact) mass is 695 g/mol. The Morgan fingerprint density at radius 3 is 2.35 bits per heavy atom. The van der Waals surface area contributed by atoms with Crippen LogP contribution in [0, 0.1) is 5.92 Å². The number of carbonyl (C=O) groups is 3. The standard InChI is InChI=1S/C36H50ClN7O3S/c1-3-24-14-23(16-31(37)34(24)38)15-25(35(46)43-12-10-41(11-13-43)30-18-28-4-5-29(19-30)40(28)2)17-33(45)42-8-6-27(7-9-42)44-20-26-21-48-22-32(26)39-36(44)47/h14,16,21-22,25,27-30H,3-13,15,17-20,38H2,1-2H3,(H,39,47)/t25-,28?,29?,30?/m0/s1. The number of halogens is 1. The van der Waals surface area contributed by atoms with Gasteiger partial charge in [0.25, 0.3) is 0 Å². The van der Waals surface area contributed by atoms with Crippen molar-refractivity contribution in [2.45, 2.75) is 95.4 Å². The molecule has 2 unspecified atom stereocenters. The number of fused-ring (bicyclic) bond motifs is 3. The van der Waals surface area contributed by atoms with E-state index >= 15 is 0 Å². The van der Waals surface area contributed by atoms with E-state index in [4.69, 9.17) is 17.3 Å². The van der Waals surface area contributed by atoms with Gasteiger partial charge >= 0.3 is 6.03 Å². The summed E-state index contributed by atoms with van der Waals surface area (Å²) in [5.74, 6) is -0.410. The zero-order valence-corrected chi connectivity index (χ0v) is 29.9. The van der Waals surface area contributed by atoms with Gasteiger partial charge < -0.3 is 30.7 Å². The number of nitrogen functional groups attached to an aromatic ring is 1. The molecule has 4 amide bonds. The molecule has 10 nitrogen and oxygen atoms in total. The predicted molar refractivity (Wildman–Crippen MR) is 191 cm³/mol. The lowest BCUT2D eigenvalue weighted by Crippen LogP contribution is -2.56. The topological polar surface area (TPSA) is 105 Å². The molecule has 6 heterocycles. The fraction of sp³-hybridized carbons (Fsp3) is 0.639. The van der Waals surface area contributed by atoms with Crippen molar-refractivity contribution in [3.8, 4) is 0 Å². The van der Waals surface area contributed by atoms with Crippen LogP contribution in [-0.2, 0) is 29.0 Å². The first-order valence-corrected chi connectivity index (χ1v) is 19.2. The molecule has 0 aliphatic carbocycles. The number of anilines is 2. The van der Waals surface area contributed by atoms with Gasteiger partial charge in [-0.2, -0.15) is 0 Å². The van der Waals surface area contributed by atoms with Crippen molar-refractivity contribution in [2.24, 2.45) is 5.92 Å². The number of carbonyl (C=O) groups excluding carboxylic acids is 3. The lowest BCUT2D eigenvalue weighted by Gasteiger charge is -2.45. The fourth-order valence-electron chi connectivity index (χ4n) is 8.98. The minimum atomic E-state index is -0.477. The van der Waals surface area contributed by atoms with E-state index < -0.39 is 5.92 Å². The van der Waals surface area contributed by atoms with Gasteiger partial charge in [0.2, 0.25) is 11.8 Å². The SMILES string of the molecule is CCc1cc(C[C@@H](CC(=O)N2CCC(N3Cc4cscc4NC3=O)CC2)C(=O)N2CCN(C3CC4CCC(C3)N4C)CC2)cc(Cl)c1N. The summed E-state index contributed by atoms with van der Waals surface area (Å²) in [6.07, 6.45) is 7.88. The first-order chi connectivity index (χ1) is 23.2. The Labute approximate surface area is 293 Å². The number of piperazine rings is 1. The van der Waals surface area contributed by atoms with E-state index in [1.54, 1.807) is 11.3 Å². The molecule has 7 rings (SSSR count). The van der Waals surface area contributed by atoms with E-state index in [2.05, 4.69) is 27.5 Å². The highest BCUT2D eigenvalue weighted by Crippen LogP contribution is 2.37. The molecule has 3 N–H and O–H groups in total. The van der Waals surface area contributed by atoms with E-state index in [0.717, 1.165) is 54.7 Å². The maximum atomic E-state index is 14.3. The number of likely N-dealkylation sites (tertiary alicyclic amines) is 1. The first kappa shape index (κ1) is 33.6. The molecule has 0 saturated carbocycles. The number of hydrogen-bond acceptors (Lipinski definition) is 7. The minimum Gasteiger partial charge on any atom is -0.397 e. The number of piperidine rings is 2. The highest BCUT2D eigenvalue weighted by molar-refractivity contribution is 7.08. The van der Waals surface area contributed by atoms with Gasteiger partial charge in [-0.05, 0) is 81.0 Å². The molecule has 260 valence electrons. The Bertz CT molecular complexity index is 1500. The number of aryl methyl sites for hydroxylation is 1. The largest absolute Gasteiger partial charge is 0.397 e. The number of rotatable bonds is 8. The molecular formula is C36H50ClN7O3S. The molecule has 0 spiro atoms. The zero-order valence-electron chi connectivity index (χ0n) is 28.3. The van der Waals surface area contributed by atoms with E-state index in [9.17, 15) is 14.4 Å². The van der Waals surface area contributed by atoms with Crippen LogP contribution in [0.2, 0.25) is 5.02 Å². The summed E-state index contributed by atoms with van der Waals surface area (Å²) in [6.45, 7) is 6.98. The molecule has 5 aliphatic heterocycles. The molecule has 48 heavy (non-hydrogen) atoms. The third-order valence-corrected chi connectivity index (χ3v) is 13.1. The maximum Gasteiger partial charge on any atom is 0.322 e. The Hall–Kier alpha value is -2.86. The maximum absolute atomic E-state index is 14.3. The van der Waals surface area contributed by atoms with Crippen molar-refractivity contribution < 1.29 is 14.4 Å². The van der Waals surface area contributed by atoms with Crippen molar-refractivity contribution in [1.29, 1.82) is 0 Å². The number of urea groups is 1. The Kier molecular flexibility index (Phi) is 9.93. The summed E-state index contributed by atoms with van der Waals surface area (Å²) in [7, 11) is 2.28. The quantitative estimate of drug-likeness (QED) is 0.381. The van der Waals surface area contributed by atoms with Crippen LogP contribution in [0.5, 0.6) is 0 Å². The number of benzene rings is 1. The third-order valence-electron chi connectivity index (χ3n) is 12.0. The first-order valence-electron chi connectivity index (χ1n) is 17.9. The number of nitrogens with zero attached hydrogens (tertiary/aromatic N) is 5. The summed E-state index contributed by atoms with van der Waals surface area (Å²) in [5, 5.41) is 7.58. The van der Waals surface area contributed by atoms with Crippen LogP contribution in [-0.4, -0.2) is 113 Å². The molecule has 1 aromatic heterocycles. The molecule has 1 aromatic carbocycles. The molecule has 4 saturated heterocycles. The van der Waals surface area contributed by atoms with Gasteiger partial charge in [-0.25, -0.2) is 4.79 Å². The van der Waals surface area contributed by atoms with Crippen LogP contribution < -0.4 is 11.1 Å². The second-order valence-corrected chi connectivity index (χ2v) is 15.8. The van der Waals surface area contributed by atoms with Crippen LogP contribution in [0.25, 0.3) is 0 Å². The van der Waals surface area contributed by atoms with Crippen LogP contribution in [0.1, 0.15) is 68.6 Å². The zero-order chi connectivity index (χ0) is 33.5. The number of hydrogen-bond donors (Lipinski definition) is 2. The van der Waals surface area contributed by atoms with Gasteiger partial charge in [0.1, 0.15) is 0 Å². The molecule has 3 atom stereocenters. The number of nitrogens with two attached hydrogens (primary N) is 1. The van der Waals surface area contributed by atoms with Gasteiger partial charge in [-0.3, -0.25) is 14.5 Å². The van der Waals surface area contributed by atoms with E-state index in [1.165, 1.54) is 25.7 Å². The van der Waals surface area contributed by atoms with Gasteiger partial charge in [0, 0.05) is 80.8 Å². The third kappa shape index (κ3) is 6.80. The summed E-state index contributed by atoms with van der Waals surface area (Å²) in [5.41, 5.74) is 10.8. The lowest BCUT2D eigenvalue weighted by atomic mass is 9.91. The highest BCUT2D eigenvalue weighted by Gasteiger charge is 2.42. The molecule has 0 radical (unpaired) electrons. The summed E-state index contributed by atoms with van der Waals surface area (Å²) < 4.78 is 0. The number of thiophene rings is 1. The smallest absolute Gasteiger partial charge is 0.322 e. The molecule has 2 bridgehead atoms. The van der Waals surface area contributed by atoms with Crippen LogP contribution in [0.15, 0.2) is 22.9 Å². The normalized spacial score (nSPS) is 26.0. The number of nitrogens with one attached hydrogen (secondary N) is 1. The van der Waals surface area contributed by atoms with Crippen LogP contribution in [0.4, 0.5) is 16.2 Å². The summed E-state index contributed by atoms with van der Waals surface area (Å²) >= 11 is 8.13. The average molecular weight is 696 g/mol. The van der Waals surface area contributed by atoms with Crippen molar-refractivity contribution in [3.05, 3.63) is 44.6 Å². The van der Waals surface area contributed by atoms with Crippen molar-refractivity contribution in [3.63, 3.8) is 0 Å². The average Bonchev–Trinajstić information content (AvgIpc) is 3.62. The van der Waals surface area contributed by atoms with Crippen molar-refractivity contribution >= 4 is 52.2 Å². The van der Waals surface area contributed by atoms with Crippen LogP contribution >= 0.6 is 22.9 Å². The molecule has 2 aromatic rings. The van der Waals surface area contributed by atoms with E-state index in [1.807, 2.05) is 39.1 Å². The Morgan fingerprint density at radius 1 is 0.958 bits per heavy atom. The molecule has 4 fully saturated rings. The second-order valence-electron chi connectivity index (χ2n) is 14.6. The highest BCUT2D eigenvalue weighted by atomic mass is 35.5. The summed E-state index contributed by atoms with van der Waals surface area (Å²) in [4.78, 5) is 52.0. The van der Waals surface area contributed by atoms with Crippen LogP contribution in [0.3, 0.4) is 0 Å². The van der Waals surface area contributed by atoms with Crippen molar-refractivity contribution in [1.82, 2.24) is 24.5 Å². The molecule has 12 heteroatoms. The van der Waals surface area contributed by atoms with Gasteiger partial charge in [-0.15, -0.1) is 11.3 Å². The Morgan fingerprint density at radius 2 is 1.67 bits per heavy atom. The summed E-state index contributed by atoms with van der Waals surface area (Å²) in [6, 6.07) is 5.92. The van der Waals surface area contributed by atoms with E-state index in [-0.39, 0.29) is 30.3 Å². The van der Waals surface area contributed by atoms with E-state index in [0.29, 0.717) is 68.0 Å².